The van der Waals surface area contributed by atoms with Crippen LogP contribution in [0.4, 0.5) is 0 Å². The summed E-state index contributed by atoms with van der Waals surface area (Å²) in [5.74, 6) is -0.484. The van der Waals surface area contributed by atoms with Crippen LogP contribution in [-0.4, -0.2) is 54.1 Å². The van der Waals surface area contributed by atoms with Crippen molar-refractivity contribution in [3.05, 3.63) is 12.7 Å². The second-order valence-corrected chi connectivity index (χ2v) is 2.35. The zero-order valence-electron chi connectivity index (χ0n) is 7.48. The highest BCUT2D eigenvalue weighted by Crippen LogP contribution is 1.86. The molecule has 2 N–H and O–H groups in total. The number of aliphatic hydroxyl groups excluding tert-OH is 2. The predicted molar refractivity (Wildman–Crippen MR) is 46.9 cm³/mol. The highest BCUT2D eigenvalue weighted by molar-refractivity contribution is 5.81. The molecule has 0 fully saturated rings. The number of esters is 1. The van der Waals surface area contributed by atoms with Gasteiger partial charge in [-0.25, -0.2) is 4.79 Å². The van der Waals surface area contributed by atoms with Crippen LogP contribution in [0.5, 0.6) is 0 Å². The van der Waals surface area contributed by atoms with Gasteiger partial charge in [-0.2, -0.15) is 0 Å². The second-order valence-electron chi connectivity index (χ2n) is 2.35. The van der Waals surface area contributed by atoms with Crippen LogP contribution in [-0.2, 0) is 9.53 Å². The average Bonchev–Trinajstić information content (AvgIpc) is 2.16. The van der Waals surface area contributed by atoms with E-state index in [2.05, 4.69) is 11.3 Å². The molecule has 0 aliphatic rings. The molecule has 0 radical (unpaired) electrons. The Bertz CT molecular complexity index is 160. The van der Waals surface area contributed by atoms with Gasteiger partial charge in [0.1, 0.15) is 6.61 Å². The summed E-state index contributed by atoms with van der Waals surface area (Å²) in [7, 11) is 0. The van der Waals surface area contributed by atoms with Crippen molar-refractivity contribution in [2.24, 2.45) is 0 Å². The monoisotopic (exact) mass is 189 g/mol. The first-order chi connectivity index (χ1) is 6.24. The number of carbonyl (C=O) groups is 1. The van der Waals surface area contributed by atoms with Crippen LogP contribution in [0.1, 0.15) is 0 Å². The van der Waals surface area contributed by atoms with E-state index in [1.165, 1.54) is 0 Å². The molecule has 13 heavy (non-hydrogen) atoms. The van der Waals surface area contributed by atoms with Gasteiger partial charge in [0.05, 0.1) is 13.3 Å². The topological polar surface area (TPSA) is 70.0 Å². The zero-order valence-corrected chi connectivity index (χ0v) is 7.48. The van der Waals surface area contributed by atoms with Gasteiger partial charge in [0.2, 0.25) is 0 Å². The predicted octanol–water partition coefficient (Wildman–Crippen LogP) is -1.04. The Hall–Kier alpha value is -0.910. The van der Waals surface area contributed by atoms with Crippen LogP contribution in [0.3, 0.4) is 0 Å². The van der Waals surface area contributed by atoms with E-state index < -0.39 is 5.97 Å². The molecule has 0 aromatic rings. The minimum Gasteiger partial charge on any atom is -0.461 e. The summed E-state index contributed by atoms with van der Waals surface area (Å²) < 4.78 is 4.68. The van der Waals surface area contributed by atoms with E-state index in [9.17, 15) is 4.79 Å². The number of rotatable bonds is 7. The van der Waals surface area contributed by atoms with E-state index in [4.69, 9.17) is 10.2 Å². The van der Waals surface area contributed by atoms with Crippen molar-refractivity contribution in [2.75, 3.05) is 33.0 Å². The maximum atomic E-state index is 10.6. The third-order valence-corrected chi connectivity index (χ3v) is 1.43. The number of nitrogens with zero attached hydrogens (tertiary/aromatic N) is 1. The molecule has 5 heteroatoms. The first-order valence-electron chi connectivity index (χ1n) is 3.97. The lowest BCUT2D eigenvalue weighted by molar-refractivity contribution is -0.138. The number of ether oxygens (including phenoxy) is 1. The Morgan fingerprint density at radius 3 is 2.62 bits per heavy atom. The summed E-state index contributed by atoms with van der Waals surface area (Å²) >= 11 is 0. The van der Waals surface area contributed by atoms with E-state index in [1.807, 2.05) is 0 Å². The molecule has 5 nitrogen and oxygen atoms in total. The Morgan fingerprint density at radius 2 is 2.15 bits per heavy atom. The van der Waals surface area contributed by atoms with Gasteiger partial charge < -0.3 is 14.9 Å². The van der Waals surface area contributed by atoms with Crippen LogP contribution in [0.2, 0.25) is 0 Å². The Kier molecular flexibility index (Phi) is 7.18. The molecule has 0 aliphatic carbocycles. The van der Waals surface area contributed by atoms with Crippen molar-refractivity contribution < 1.29 is 19.7 Å². The summed E-state index contributed by atoms with van der Waals surface area (Å²) in [4.78, 5) is 12.1. The molecule has 0 unspecified atom stereocenters. The molecule has 0 saturated carbocycles. The molecule has 0 amide bonds. The summed E-state index contributed by atoms with van der Waals surface area (Å²) in [5, 5.41) is 17.3. The molecule has 0 heterocycles. The normalized spacial score (nSPS) is 10.1. The van der Waals surface area contributed by atoms with Crippen LogP contribution in [0.15, 0.2) is 12.7 Å². The Balaban J connectivity index is 3.48. The fourth-order valence-corrected chi connectivity index (χ4v) is 0.729. The molecule has 0 spiro atoms. The standard InChI is InChI=1S/C8H15NO4/c1-2-8(12)13-6-4-9(7-11)3-5-10/h2,10-11H,1,3-7H2. The fourth-order valence-electron chi connectivity index (χ4n) is 0.729. The van der Waals surface area contributed by atoms with E-state index in [0.717, 1.165) is 6.08 Å². The minimum atomic E-state index is -0.484. The van der Waals surface area contributed by atoms with Crippen LogP contribution < -0.4 is 0 Å². The molecule has 0 aromatic carbocycles. The summed E-state index contributed by atoms with van der Waals surface area (Å²) in [6.07, 6.45) is 1.08. The molecule has 0 bridgehead atoms. The fraction of sp³-hybridized carbons (Fsp3) is 0.625. The zero-order chi connectivity index (χ0) is 10.1. The van der Waals surface area contributed by atoms with Gasteiger partial charge in [-0.3, -0.25) is 4.90 Å². The number of carbonyl (C=O) groups excluding carboxylic acids is 1. The number of hydrogen-bond acceptors (Lipinski definition) is 5. The van der Waals surface area contributed by atoms with Crippen LogP contribution in [0, 0.1) is 0 Å². The van der Waals surface area contributed by atoms with Gasteiger partial charge in [-0.05, 0) is 0 Å². The van der Waals surface area contributed by atoms with Gasteiger partial charge in [0, 0.05) is 19.2 Å². The van der Waals surface area contributed by atoms with Gasteiger partial charge in [-0.1, -0.05) is 6.58 Å². The average molecular weight is 189 g/mol. The van der Waals surface area contributed by atoms with Gasteiger partial charge in [0.25, 0.3) is 0 Å². The highest BCUT2D eigenvalue weighted by Gasteiger charge is 2.02. The van der Waals surface area contributed by atoms with E-state index in [-0.39, 0.29) is 19.9 Å². The lowest BCUT2D eigenvalue weighted by Crippen LogP contribution is -2.31. The maximum absolute atomic E-state index is 10.6. The Labute approximate surface area is 77.2 Å². The van der Waals surface area contributed by atoms with Crippen molar-refractivity contribution in [3.8, 4) is 0 Å². The third-order valence-electron chi connectivity index (χ3n) is 1.43. The first kappa shape index (κ1) is 12.1. The quantitative estimate of drug-likeness (QED) is 0.304. The van der Waals surface area contributed by atoms with E-state index in [0.29, 0.717) is 13.1 Å². The van der Waals surface area contributed by atoms with Gasteiger partial charge in [-0.15, -0.1) is 0 Å². The summed E-state index contributed by atoms with van der Waals surface area (Å²) in [6.45, 7) is 3.99. The van der Waals surface area contributed by atoms with Crippen molar-refractivity contribution >= 4 is 5.97 Å². The van der Waals surface area contributed by atoms with Crippen molar-refractivity contribution in [1.82, 2.24) is 4.90 Å². The highest BCUT2D eigenvalue weighted by atomic mass is 16.5. The summed E-state index contributed by atoms with van der Waals surface area (Å²) in [5.41, 5.74) is 0. The largest absolute Gasteiger partial charge is 0.461 e. The number of hydrogen-bond donors (Lipinski definition) is 2. The maximum Gasteiger partial charge on any atom is 0.330 e. The van der Waals surface area contributed by atoms with E-state index >= 15 is 0 Å². The van der Waals surface area contributed by atoms with Gasteiger partial charge >= 0.3 is 5.97 Å². The third kappa shape index (κ3) is 6.27. The smallest absolute Gasteiger partial charge is 0.330 e. The molecule has 0 rings (SSSR count). The lowest BCUT2D eigenvalue weighted by atomic mass is 10.5. The SMILES string of the molecule is C=CC(=O)OCCN(CO)CCO. The molecule has 0 atom stereocenters. The Morgan fingerprint density at radius 1 is 1.46 bits per heavy atom. The molecular weight excluding hydrogens is 174 g/mol. The lowest BCUT2D eigenvalue weighted by Gasteiger charge is -2.17. The minimum absolute atomic E-state index is 0.0318. The van der Waals surface area contributed by atoms with Crippen molar-refractivity contribution in [3.63, 3.8) is 0 Å². The first-order valence-corrected chi connectivity index (χ1v) is 3.97. The summed E-state index contributed by atoms with van der Waals surface area (Å²) in [6, 6.07) is 0. The van der Waals surface area contributed by atoms with Crippen molar-refractivity contribution in [1.29, 1.82) is 0 Å². The number of aliphatic hydroxyl groups is 2. The van der Waals surface area contributed by atoms with Crippen LogP contribution >= 0.6 is 0 Å². The molecular formula is C8H15NO4. The van der Waals surface area contributed by atoms with E-state index in [1.54, 1.807) is 4.90 Å². The van der Waals surface area contributed by atoms with Crippen LogP contribution in [0.25, 0.3) is 0 Å². The molecule has 76 valence electrons. The molecule has 0 aliphatic heterocycles. The van der Waals surface area contributed by atoms with Gasteiger partial charge in [0.15, 0.2) is 0 Å². The second kappa shape index (κ2) is 7.72. The van der Waals surface area contributed by atoms with Crippen molar-refractivity contribution in [2.45, 2.75) is 0 Å². The molecule has 0 saturated heterocycles. The molecule has 0 aromatic heterocycles.